The number of rotatable bonds is 8. The van der Waals surface area contributed by atoms with E-state index in [4.69, 9.17) is 10.5 Å². The molecule has 2 unspecified atom stereocenters. The number of methoxy groups -OCH3 is 1. The molecule has 0 aliphatic carbocycles. The van der Waals surface area contributed by atoms with Gasteiger partial charge in [-0.2, -0.15) is 5.10 Å². The van der Waals surface area contributed by atoms with Crippen LogP contribution in [0.3, 0.4) is 0 Å². The van der Waals surface area contributed by atoms with Crippen LogP contribution in [0.1, 0.15) is 52.8 Å². The van der Waals surface area contributed by atoms with Crippen LogP contribution >= 0.6 is 0 Å². The number of ether oxygens (including phenoxy) is 1. The van der Waals surface area contributed by atoms with E-state index in [2.05, 4.69) is 36.1 Å². The summed E-state index contributed by atoms with van der Waals surface area (Å²) in [6.07, 6.45) is 7.46. The highest BCUT2D eigenvalue weighted by Crippen LogP contribution is 2.39. The Morgan fingerprint density at radius 3 is 2.33 bits per heavy atom. The quantitative estimate of drug-likeness (QED) is 0.262. The van der Waals surface area contributed by atoms with Crippen molar-refractivity contribution in [1.82, 2.24) is 29.8 Å². The summed E-state index contributed by atoms with van der Waals surface area (Å²) in [5.74, 6) is -0.686. The largest absolute Gasteiger partial charge is 0.495 e. The number of fused-ring (bicyclic) bond motifs is 1. The van der Waals surface area contributed by atoms with Gasteiger partial charge in [-0.05, 0) is 55.9 Å². The number of nitrogens with two attached hydrogens (primary N) is 1. The van der Waals surface area contributed by atoms with Crippen LogP contribution in [-0.2, 0) is 16.6 Å². The number of hydrogen-bond acceptors (Lipinski definition) is 11. The van der Waals surface area contributed by atoms with Crippen LogP contribution in [0.4, 0.5) is 17.1 Å². The first kappa shape index (κ1) is 34.2. The molecule has 0 bridgehead atoms. The lowest BCUT2D eigenvalue weighted by atomic mass is 9.98. The van der Waals surface area contributed by atoms with Gasteiger partial charge in [0, 0.05) is 113 Å². The lowest BCUT2D eigenvalue weighted by Crippen LogP contribution is -2.54. The van der Waals surface area contributed by atoms with Crippen LogP contribution in [0, 0.1) is 5.92 Å². The first-order valence-electron chi connectivity index (χ1n) is 18.4. The van der Waals surface area contributed by atoms with Crippen molar-refractivity contribution < 1.29 is 23.9 Å². The molecule has 0 saturated carbocycles. The molecule has 1 aromatic heterocycles. The van der Waals surface area contributed by atoms with Crippen LogP contribution < -0.4 is 25.6 Å². The number of imide groups is 2. The Hall–Kier alpha value is -4.95. The molecule has 14 nitrogen and oxygen atoms in total. The minimum Gasteiger partial charge on any atom is -0.495 e. The van der Waals surface area contributed by atoms with E-state index < -0.39 is 23.8 Å². The summed E-state index contributed by atoms with van der Waals surface area (Å²) in [6.45, 7) is 9.04. The molecular formula is C38H47N9O5. The highest BCUT2D eigenvalue weighted by atomic mass is 16.5. The van der Waals surface area contributed by atoms with E-state index in [1.54, 1.807) is 19.2 Å². The molecule has 0 radical (unpaired) electrons. The number of aryl methyl sites for hydroxylation is 1. The number of amides is 4. The van der Waals surface area contributed by atoms with Gasteiger partial charge in [0.25, 0.3) is 11.8 Å². The molecular weight excluding hydrogens is 662 g/mol. The Kier molecular flexibility index (Phi) is 9.12. The summed E-state index contributed by atoms with van der Waals surface area (Å²) in [6, 6.07) is 9.11. The predicted molar refractivity (Wildman–Crippen MR) is 196 cm³/mol. The van der Waals surface area contributed by atoms with E-state index in [1.807, 2.05) is 36.3 Å². The number of benzene rings is 2. The minimum atomic E-state index is -0.955. The van der Waals surface area contributed by atoms with E-state index in [1.165, 1.54) is 0 Å². The SMILES string of the molecule is COc1cc(N2CCC(N3CCN(CC4CCN(c5ccc6c(c5)C(=O)N(C5CCC(=O)NC5=O)C6=O)C4)CC3)CC2)c(-c2cnn(C)c2)cc1N. The number of anilines is 3. The van der Waals surface area contributed by atoms with Crippen molar-refractivity contribution in [3.8, 4) is 16.9 Å². The van der Waals surface area contributed by atoms with Gasteiger partial charge in [-0.3, -0.25) is 39.0 Å². The Morgan fingerprint density at radius 1 is 0.865 bits per heavy atom. The third kappa shape index (κ3) is 6.38. The molecule has 0 spiro atoms. The van der Waals surface area contributed by atoms with Crippen LogP contribution in [0.5, 0.6) is 5.75 Å². The van der Waals surface area contributed by atoms with E-state index in [9.17, 15) is 19.2 Å². The number of piperazine rings is 1. The lowest BCUT2D eigenvalue weighted by Gasteiger charge is -2.44. The standard InChI is InChI=1S/C38H47N9O5/c1-42-23-25(20-40-42)29-18-31(39)34(52-2)19-33(29)45-11-8-26(9-12-45)44-15-13-43(14-16-44)21-24-7-10-46(22-24)27-3-4-28-30(17-27)38(51)47(37(28)50)32-5-6-35(48)41-36(32)49/h3-4,17-20,23-24,26,32H,5-16,21-22,39H2,1-2H3,(H,41,48,49). The van der Waals surface area contributed by atoms with E-state index in [0.717, 1.165) is 106 Å². The minimum absolute atomic E-state index is 0.106. The molecule has 5 aliphatic heterocycles. The number of piperidine rings is 2. The maximum Gasteiger partial charge on any atom is 0.262 e. The summed E-state index contributed by atoms with van der Waals surface area (Å²) in [5.41, 5.74) is 11.8. The van der Waals surface area contributed by atoms with E-state index in [-0.39, 0.29) is 18.7 Å². The fourth-order valence-electron chi connectivity index (χ4n) is 8.84. The number of nitrogens with one attached hydrogen (secondary N) is 1. The molecule has 52 heavy (non-hydrogen) atoms. The van der Waals surface area contributed by atoms with Crippen LogP contribution in [0.25, 0.3) is 11.1 Å². The second kappa shape index (κ2) is 13.9. The molecule has 6 heterocycles. The normalized spacial score (nSPS) is 23.5. The Morgan fingerprint density at radius 2 is 1.62 bits per heavy atom. The number of nitrogen functional groups attached to an aromatic ring is 1. The van der Waals surface area contributed by atoms with Crippen LogP contribution in [-0.4, -0.2) is 126 Å². The zero-order chi connectivity index (χ0) is 36.1. The number of hydrogen-bond donors (Lipinski definition) is 2. The van der Waals surface area contributed by atoms with Crippen molar-refractivity contribution in [2.24, 2.45) is 13.0 Å². The van der Waals surface area contributed by atoms with Crippen molar-refractivity contribution in [1.29, 1.82) is 0 Å². The van der Waals surface area contributed by atoms with Crippen molar-refractivity contribution >= 4 is 40.7 Å². The van der Waals surface area contributed by atoms with E-state index in [0.29, 0.717) is 34.5 Å². The van der Waals surface area contributed by atoms with Crippen LogP contribution in [0.15, 0.2) is 42.7 Å². The molecule has 5 aliphatic rings. The second-order valence-corrected chi connectivity index (χ2v) is 14.8. The third-order valence-corrected chi connectivity index (χ3v) is 11.7. The summed E-state index contributed by atoms with van der Waals surface area (Å²) < 4.78 is 7.41. The summed E-state index contributed by atoms with van der Waals surface area (Å²) >= 11 is 0. The monoisotopic (exact) mass is 709 g/mol. The van der Waals surface area contributed by atoms with Gasteiger partial charge in [0.05, 0.1) is 30.1 Å². The Labute approximate surface area is 303 Å². The number of nitrogens with zero attached hydrogens (tertiary/aromatic N) is 7. The molecule has 4 fully saturated rings. The zero-order valence-electron chi connectivity index (χ0n) is 29.9. The second-order valence-electron chi connectivity index (χ2n) is 14.8. The zero-order valence-corrected chi connectivity index (χ0v) is 29.9. The summed E-state index contributed by atoms with van der Waals surface area (Å²) in [5, 5.41) is 6.65. The van der Waals surface area contributed by atoms with Gasteiger partial charge in [0.15, 0.2) is 0 Å². The number of carbonyl (C=O) groups is 4. The van der Waals surface area contributed by atoms with Crippen molar-refractivity contribution in [3.63, 3.8) is 0 Å². The molecule has 3 N–H and O–H groups in total. The Balaban J connectivity index is 0.828. The molecule has 4 amide bonds. The molecule has 4 saturated heterocycles. The average Bonchev–Trinajstić information content (AvgIpc) is 3.87. The molecule has 2 aromatic carbocycles. The number of carbonyl (C=O) groups excluding carboxylic acids is 4. The topological polar surface area (TPSA) is 150 Å². The molecule has 14 heteroatoms. The van der Waals surface area contributed by atoms with Gasteiger partial charge in [0.1, 0.15) is 11.8 Å². The molecule has 2 atom stereocenters. The van der Waals surface area contributed by atoms with Gasteiger partial charge in [-0.1, -0.05) is 0 Å². The number of aromatic nitrogens is 2. The smallest absolute Gasteiger partial charge is 0.262 e. The van der Waals surface area contributed by atoms with Crippen molar-refractivity contribution in [2.45, 2.75) is 44.2 Å². The van der Waals surface area contributed by atoms with Gasteiger partial charge in [-0.15, -0.1) is 0 Å². The molecule has 3 aromatic rings. The summed E-state index contributed by atoms with van der Waals surface area (Å²) in [4.78, 5) is 61.6. The Bertz CT molecular complexity index is 1890. The van der Waals surface area contributed by atoms with E-state index >= 15 is 0 Å². The van der Waals surface area contributed by atoms with Gasteiger partial charge in [0.2, 0.25) is 11.8 Å². The van der Waals surface area contributed by atoms with Gasteiger partial charge < -0.3 is 25.2 Å². The fraction of sp³-hybridized carbons (Fsp3) is 0.500. The summed E-state index contributed by atoms with van der Waals surface area (Å²) in [7, 11) is 3.59. The maximum atomic E-state index is 13.3. The predicted octanol–water partition coefficient (Wildman–Crippen LogP) is 2.19. The first-order chi connectivity index (χ1) is 25.2. The lowest BCUT2D eigenvalue weighted by molar-refractivity contribution is -0.136. The first-order valence-corrected chi connectivity index (χ1v) is 18.4. The molecule has 8 rings (SSSR count). The maximum absolute atomic E-state index is 13.3. The fourth-order valence-corrected chi connectivity index (χ4v) is 8.84. The molecule has 274 valence electrons. The highest BCUT2D eigenvalue weighted by molar-refractivity contribution is 6.23. The third-order valence-electron chi connectivity index (χ3n) is 11.7. The van der Waals surface area contributed by atoms with Crippen molar-refractivity contribution in [2.75, 3.05) is 81.5 Å². The highest BCUT2D eigenvalue weighted by Gasteiger charge is 2.45. The van der Waals surface area contributed by atoms with Gasteiger partial charge >= 0.3 is 0 Å². The van der Waals surface area contributed by atoms with Crippen LogP contribution in [0.2, 0.25) is 0 Å². The average molecular weight is 710 g/mol. The van der Waals surface area contributed by atoms with Gasteiger partial charge in [-0.25, -0.2) is 0 Å². The van der Waals surface area contributed by atoms with Crippen molar-refractivity contribution in [3.05, 3.63) is 53.9 Å².